The minimum absolute atomic E-state index is 0.0715. The molecule has 6 nitrogen and oxygen atoms in total. The molecular formula is C18H32N4O2. The first-order valence-corrected chi connectivity index (χ1v) is 9.61. The lowest BCUT2D eigenvalue weighted by molar-refractivity contribution is -0.130. The fourth-order valence-corrected chi connectivity index (χ4v) is 4.21. The van der Waals surface area contributed by atoms with Gasteiger partial charge in [-0.2, -0.15) is 0 Å². The Morgan fingerprint density at radius 1 is 1.17 bits per heavy atom. The zero-order valence-electron chi connectivity index (χ0n) is 15.0. The molecule has 136 valence electrons. The summed E-state index contributed by atoms with van der Waals surface area (Å²) in [4.78, 5) is 31.3. The molecule has 24 heavy (non-hydrogen) atoms. The molecule has 2 heterocycles. The van der Waals surface area contributed by atoms with E-state index in [1.165, 1.54) is 12.8 Å². The number of likely N-dealkylation sites (tertiary alicyclic amines) is 1. The summed E-state index contributed by atoms with van der Waals surface area (Å²) < 4.78 is 0. The van der Waals surface area contributed by atoms with E-state index in [0.29, 0.717) is 19.0 Å². The number of amides is 2. The molecule has 1 atom stereocenters. The predicted molar refractivity (Wildman–Crippen MR) is 93.6 cm³/mol. The van der Waals surface area contributed by atoms with Gasteiger partial charge in [0.15, 0.2) is 0 Å². The predicted octanol–water partition coefficient (Wildman–Crippen LogP) is 0.531. The molecule has 0 spiro atoms. The third-order valence-electron chi connectivity index (χ3n) is 5.84. The Balaban J connectivity index is 1.33. The minimum atomic E-state index is -0.137. The van der Waals surface area contributed by atoms with Crippen LogP contribution in [0.5, 0.6) is 0 Å². The van der Waals surface area contributed by atoms with Crippen LogP contribution in [0.2, 0.25) is 0 Å². The number of hydrogen-bond donors (Lipinski definition) is 1. The van der Waals surface area contributed by atoms with E-state index in [0.717, 1.165) is 58.5 Å². The molecule has 2 aliphatic heterocycles. The van der Waals surface area contributed by atoms with Crippen molar-refractivity contribution in [3.05, 3.63) is 0 Å². The highest BCUT2D eigenvalue weighted by atomic mass is 16.2. The van der Waals surface area contributed by atoms with E-state index in [9.17, 15) is 9.59 Å². The maximum atomic E-state index is 12.3. The van der Waals surface area contributed by atoms with E-state index >= 15 is 0 Å². The second kappa shape index (κ2) is 8.30. The maximum absolute atomic E-state index is 12.3. The standard InChI is InChI=1S/C18H32N4O2/c1-20-9-11-21(12-10-20)8-4-7-19-18(24)15-13-17(23)22(14-15)16-5-2-3-6-16/h15-16H,2-14H2,1H3,(H,19,24). The van der Waals surface area contributed by atoms with Gasteiger partial charge in [0.05, 0.1) is 5.92 Å². The third-order valence-corrected chi connectivity index (χ3v) is 5.84. The first-order chi connectivity index (χ1) is 11.6. The number of rotatable bonds is 6. The van der Waals surface area contributed by atoms with Gasteiger partial charge in [-0.25, -0.2) is 0 Å². The summed E-state index contributed by atoms with van der Waals surface area (Å²) in [5.74, 6) is 0.114. The minimum Gasteiger partial charge on any atom is -0.356 e. The van der Waals surface area contributed by atoms with Crippen molar-refractivity contribution >= 4 is 11.8 Å². The van der Waals surface area contributed by atoms with Gasteiger partial charge in [0.1, 0.15) is 0 Å². The van der Waals surface area contributed by atoms with E-state index in [2.05, 4.69) is 22.2 Å². The molecule has 3 aliphatic rings. The van der Waals surface area contributed by atoms with Crippen LogP contribution in [0, 0.1) is 5.92 Å². The van der Waals surface area contributed by atoms with Crippen LogP contribution in [0.4, 0.5) is 0 Å². The van der Waals surface area contributed by atoms with E-state index in [4.69, 9.17) is 0 Å². The van der Waals surface area contributed by atoms with E-state index < -0.39 is 0 Å². The lowest BCUT2D eigenvalue weighted by Gasteiger charge is -2.32. The quantitative estimate of drug-likeness (QED) is 0.719. The number of nitrogens with one attached hydrogen (secondary N) is 1. The van der Waals surface area contributed by atoms with Gasteiger partial charge < -0.3 is 20.0 Å². The summed E-state index contributed by atoms with van der Waals surface area (Å²) in [7, 11) is 2.16. The Hall–Kier alpha value is -1.14. The summed E-state index contributed by atoms with van der Waals surface area (Å²) in [6.07, 6.45) is 6.06. The third kappa shape index (κ3) is 4.48. The summed E-state index contributed by atoms with van der Waals surface area (Å²) in [6.45, 7) is 6.91. The molecule has 3 fully saturated rings. The van der Waals surface area contributed by atoms with Gasteiger partial charge in [-0.15, -0.1) is 0 Å². The van der Waals surface area contributed by atoms with Crippen LogP contribution in [0.3, 0.4) is 0 Å². The summed E-state index contributed by atoms with van der Waals surface area (Å²) in [5, 5.41) is 3.05. The van der Waals surface area contributed by atoms with Crippen LogP contribution >= 0.6 is 0 Å². The van der Waals surface area contributed by atoms with Crippen molar-refractivity contribution in [2.45, 2.75) is 44.6 Å². The molecule has 1 N–H and O–H groups in total. The van der Waals surface area contributed by atoms with E-state index in [-0.39, 0.29) is 17.7 Å². The highest BCUT2D eigenvalue weighted by molar-refractivity contribution is 5.89. The van der Waals surface area contributed by atoms with Gasteiger partial charge in [-0.1, -0.05) is 12.8 Å². The van der Waals surface area contributed by atoms with Crippen LogP contribution in [-0.4, -0.2) is 85.4 Å². The van der Waals surface area contributed by atoms with Crippen LogP contribution in [-0.2, 0) is 9.59 Å². The van der Waals surface area contributed by atoms with Crippen LogP contribution in [0.15, 0.2) is 0 Å². The molecule has 1 saturated carbocycles. The number of hydrogen-bond acceptors (Lipinski definition) is 4. The van der Waals surface area contributed by atoms with Crippen molar-refractivity contribution in [3.63, 3.8) is 0 Å². The zero-order chi connectivity index (χ0) is 16.9. The Labute approximate surface area is 145 Å². The SMILES string of the molecule is CN1CCN(CCCNC(=O)C2CC(=O)N(C3CCCC3)C2)CC1. The van der Waals surface area contributed by atoms with Crippen molar-refractivity contribution < 1.29 is 9.59 Å². The molecule has 0 aromatic carbocycles. The molecule has 0 aromatic heterocycles. The van der Waals surface area contributed by atoms with Gasteiger partial charge in [-0.05, 0) is 32.9 Å². The summed E-state index contributed by atoms with van der Waals surface area (Å²) in [6, 6.07) is 0.396. The van der Waals surface area contributed by atoms with Crippen molar-refractivity contribution in [1.29, 1.82) is 0 Å². The lowest BCUT2D eigenvalue weighted by Crippen LogP contribution is -2.45. The van der Waals surface area contributed by atoms with Gasteiger partial charge in [-0.3, -0.25) is 9.59 Å². The zero-order valence-corrected chi connectivity index (χ0v) is 15.0. The van der Waals surface area contributed by atoms with Crippen molar-refractivity contribution in [1.82, 2.24) is 20.0 Å². The number of carbonyl (C=O) groups is 2. The molecule has 3 rings (SSSR count). The Morgan fingerprint density at radius 3 is 2.58 bits per heavy atom. The highest BCUT2D eigenvalue weighted by Gasteiger charge is 2.38. The van der Waals surface area contributed by atoms with Gasteiger partial charge in [0.2, 0.25) is 11.8 Å². The topological polar surface area (TPSA) is 55.9 Å². The van der Waals surface area contributed by atoms with Gasteiger partial charge >= 0.3 is 0 Å². The van der Waals surface area contributed by atoms with Gasteiger partial charge in [0.25, 0.3) is 0 Å². The van der Waals surface area contributed by atoms with E-state index in [1.54, 1.807) is 0 Å². The first kappa shape index (κ1) is 17.7. The number of likely N-dealkylation sites (N-methyl/N-ethyl adjacent to an activating group) is 1. The Morgan fingerprint density at radius 2 is 1.88 bits per heavy atom. The van der Waals surface area contributed by atoms with Crippen molar-refractivity contribution in [3.8, 4) is 0 Å². The maximum Gasteiger partial charge on any atom is 0.225 e. The van der Waals surface area contributed by atoms with Crippen LogP contribution < -0.4 is 5.32 Å². The van der Waals surface area contributed by atoms with E-state index in [1.807, 2.05) is 4.90 Å². The van der Waals surface area contributed by atoms with Gasteiger partial charge in [0, 0.05) is 51.7 Å². The molecule has 0 aromatic rings. The molecule has 0 radical (unpaired) electrons. The average Bonchev–Trinajstić information content (AvgIpc) is 3.22. The smallest absolute Gasteiger partial charge is 0.225 e. The highest BCUT2D eigenvalue weighted by Crippen LogP contribution is 2.29. The lowest BCUT2D eigenvalue weighted by atomic mass is 10.1. The second-order valence-electron chi connectivity index (χ2n) is 7.67. The molecule has 0 bridgehead atoms. The molecule has 2 amide bonds. The first-order valence-electron chi connectivity index (χ1n) is 9.61. The van der Waals surface area contributed by atoms with Crippen molar-refractivity contribution in [2.75, 3.05) is 52.9 Å². The van der Waals surface area contributed by atoms with Crippen LogP contribution in [0.1, 0.15) is 38.5 Å². The molecule has 2 saturated heterocycles. The van der Waals surface area contributed by atoms with Crippen molar-refractivity contribution in [2.24, 2.45) is 5.92 Å². The number of piperazine rings is 1. The molecule has 6 heteroatoms. The summed E-state index contributed by atoms with van der Waals surface area (Å²) in [5.41, 5.74) is 0. The fourth-order valence-electron chi connectivity index (χ4n) is 4.21. The number of nitrogens with zero attached hydrogens (tertiary/aromatic N) is 3. The molecule has 1 aliphatic carbocycles. The largest absolute Gasteiger partial charge is 0.356 e. The average molecular weight is 336 g/mol. The molecular weight excluding hydrogens is 304 g/mol. The Bertz CT molecular complexity index is 442. The fraction of sp³-hybridized carbons (Fsp3) is 0.889. The Kier molecular flexibility index (Phi) is 6.11. The summed E-state index contributed by atoms with van der Waals surface area (Å²) >= 11 is 0. The monoisotopic (exact) mass is 336 g/mol. The van der Waals surface area contributed by atoms with Crippen LogP contribution in [0.25, 0.3) is 0 Å². The normalized spacial score (nSPS) is 27.1. The molecule has 1 unspecified atom stereocenters. The second-order valence-corrected chi connectivity index (χ2v) is 7.67. The number of carbonyl (C=O) groups excluding carboxylic acids is 2.